The smallest absolute Gasteiger partial charge is 0.338 e. The van der Waals surface area contributed by atoms with Gasteiger partial charge < -0.3 is 24.0 Å². The predicted molar refractivity (Wildman–Crippen MR) is 122 cm³/mol. The Morgan fingerprint density at radius 1 is 1.15 bits per heavy atom. The molecular weight excluding hydrogens is 422 g/mol. The average molecular weight is 452 g/mol. The van der Waals surface area contributed by atoms with Crippen LogP contribution in [0.15, 0.2) is 30.5 Å². The van der Waals surface area contributed by atoms with Gasteiger partial charge in [0.1, 0.15) is 12.2 Å². The lowest BCUT2D eigenvalue weighted by atomic mass is 9.88. The van der Waals surface area contributed by atoms with Gasteiger partial charge in [0.25, 0.3) is 5.91 Å². The first-order valence-corrected chi connectivity index (χ1v) is 11.5. The second kappa shape index (κ2) is 8.76. The molecule has 3 aliphatic rings. The third kappa shape index (κ3) is 3.98. The van der Waals surface area contributed by atoms with Crippen LogP contribution in [0.5, 0.6) is 5.88 Å². The molecule has 5 rings (SSSR count). The lowest BCUT2D eigenvalue weighted by Gasteiger charge is -2.46. The van der Waals surface area contributed by atoms with Gasteiger partial charge in [0, 0.05) is 44.0 Å². The molecule has 8 heteroatoms. The molecule has 0 radical (unpaired) electrons. The number of carbonyl (C=O) groups excluding carboxylic acids is 2. The number of ether oxygens (including phenoxy) is 3. The molecule has 2 aromatic rings. The maximum Gasteiger partial charge on any atom is 0.338 e. The number of pyridine rings is 1. The van der Waals surface area contributed by atoms with E-state index in [-0.39, 0.29) is 11.9 Å². The van der Waals surface area contributed by atoms with Gasteiger partial charge >= 0.3 is 5.97 Å². The molecule has 0 saturated carbocycles. The molecule has 0 N–H and O–H groups in total. The van der Waals surface area contributed by atoms with Crippen LogP contribution in [0.4, 0.5) is 5.69 Å². The van der Waals surface area contributed by atoms with E-state index in [2.05, 4.69) is 16.8 Å². The monoisotopic (exact) mass is 451 g/mol. The molecule has 3 aliphatic heterocycles. The van der Waals surface area contributed by atoms with Crippen LogP contribution in [0.1, 0.15) is 39.9 Å². The Morgan fingerprint density at radius 3 is 2.76 bits per heavy atom. The summed E-state index contributed by atoms with van der Waals surface area (Å²) in [5.41, 5.74) is 4.15. The third-order valence-corrected chi connectivity index (χ3v) is 7.21. The number of cyclic esters (lactones) is 1. The van der Waals surface area contributed by atoms with Gasteiger partial charge in [-0.3, -0.25) is 4.79 Å². The Kier molecular flexibility index (Phi) is 5.80. The van der Waals surface area contributed by atoms with Crippen molar-refractivity contribution in [3.05, 3.63) is 52.7 Å². The number of hydrogen-bond acceptors (Lipinski definition) is 7. The summed E-state index contributed by atoms with van der Waals surface area (Å²) < 4.78 is 16.5. The number of amides is 1. The zero-order valence-corrected chi connectivity index (χ0v) is 19.1. The van der Waals surface area contributed by atoms with Crippen LogP contribution in [0.25, 0.3) is 0 Å². The number of aromatic nitrogens is 1. The van der Waals surface area contributed by atoms with E-state index in [1.165, 1.54) is 5.56 Å². The molecule has 1 aromatic carbocycles. The number of rotatable bonds is 5. The maximum absolute atomic E-state index is 13.4. The topological polar surface area (TPSA) is 81.2 Å². The van der Waals surface area contributed by atoms with Crippen LogP contribution < -0.4 is 9.64 Å². The van der Waals surface area contributed by atoms with Gasteiger partial charge in [-0.05, 0) is 49.4 Å². The molecule has 174 valence electrons. The Bertz CT molecular complexity index is 1080. The number of benzene rings is 1. The van der Waals surface area contributed by atoms with Crippen LogP contribution in [0, 0.1) is 6.92 Å². The molecule has 4 heterocycles. The van der Waals surface area contributed by atoms with Crippen LogP contribution in [0.2, 0.25) is 0 Å². The second-order valence-corrected chi connectivity index (χ2v) is 8.90. The average Bonchev–Trinajstić information content (AvgIpc) is 3.23. The number of likely N-dealkylation sites (tertiary alicyclic amines) is 1. The van der Waals surface area contributed by atoms with Crippen LogP contribution in [-0.4, -0.2) is 67.3 Å². The highest BCUT2D eigenvalue weighted by Gasteiger charge is 2.47. The molecular formula is C25H29N3O5. The lowest BCUT2D eigenvalue weighted by Crippen LogP contribution is -2.61. The van der Waals surface area contributed by atoms with Gasteiger partial charge in [-0.1, -0.05) is 6.07 Å². The van der Waals surface area contributed by atoms with E-state index >= 15 is 0 Å². The standard InChI is InChI=1S/C25H29N3O5/c1-17-18(3-4-20-21(17)16-32-23(20)29)6-10-27-11-7-25(8-12-27)24(30)28(13-14-33-25)19-5-9-26-22(15-19)31-2/h3-5,9,15H,6-8,10-14,16H2,1-2H3. The van der Waals surface area contributed by atoms with Crippen LogP contribution >= 0.6 is 0 Å². The summed E-state index contributed by atoms with van der Waals surface area (Å²) >= 11 is 0. The molecule has 8 nitrogen and oxygen atoms in total. The van der Waals surface area contributed by atoms with Crippen LogP contribution in [0.3, 0.4) is 0 Å². The molecule has 1 spiro atoms. The van der Waals surface area contributed by atoms with E-state index in [0.29, 0.717) is 44.0 Å². The maximum atomic E-state index is 13.4. The molecule has 0 atom stereocenters. The fourth-order valence-electron chi connectivity index (χ4n) is 5.11. The predicted octanol–water partition coefficient (Wildman–Crippen LogP) is 2.51. The van der Waals surface area contributed by atoms with Crippen molar-refractivity contribution in [2.45, 2.75) is 38.4 Å². The van der Waals surface area contributed by atoms with Crippen molar-refractivity contribution in [3.63, 3.8) is 0 Å². The Hall–Kier alpha value is -2.97. The van der Waals surface area contributed by atoms with E-state index in [0.717, 1.165) is 42.9 Å². The first-order chi connectivity index (χ1) is 16.0. The van der Waals surface area contributed by atoms with E-state index in [9.17, 15) is 9.59 Å². The van der Waals surface area contributed by atoms with Gasteiger partial charge in [0.15, 0.2) is 0 Å². The second-order valence-electron chi connectivity index (χ2n) is 8.90. The van der Waals surface area contributed by atoms with E-state index in [4.69, 9.17) is 14.2 Å². The van der Waals surface area contributed by atoms with Gasteiger partial charge in [-0.15, -0.1) is 0 Å². The largest absolute Gasteiger partial charge is 0.481 e. The summed E-state index contributed by atoms with van der Waals surface area (Å²) in [7, 11) is 1.57. The fraction of sp³-hybridized carbons (Fsp3) is 0.480. The summed E-state index contributed by atoms with van der Waals surface area (Å²) in [6, 6.07) is 7.56. The van der Waals surface area contributed by atoms with Gasteiger partial charge in [-0.2, -0.15) is 0 Å². The van der Waals surface area contributed by atoms with Crippen molar-refractivity contribution in [2.75, 3.05) is 44.8 Å². The summed E-state index contributed by atoms with van der Waals surface area (Å²) in [4.78, 5) is 33.6. The highest BCUT2D eigenvalue weighted by Crippen LogP contribution is 2.34. The zero-order valence-electron chi connectivity index (χ0n) is 19.1. The van der Waals surface area contributed by atoms with Crippen molar-refractivity contribution in [2.24, 2.45) is 0 Å². The highest BCUT2D eigenvalue weighted by atomic mass is 16.5. The number of nitrogens with zero attached hydrogens (tertiary/aromatic N) is 3. The molecule has 0 bridgehead atoms. The summed E-state index contributed by atoms with van der Waals surface area (Å²) in [5, 5.41) is 0. The molecule has 1 aromatic heterocycles. The molecule has 2 fully saturated rings. The van der Waals surface area contributed by atoms with Gasteiger partial charge in [0.05, 0.1) is 25.0 Å². The normalized spacial score (nSPS) is 20.1. The zero-order chi connectivity index (χ0) is 23.0. The number of esters is 1. The number of anilines is 1. The number of carbonyl (C=O) groups is 2. The SMILES string of the molecule is COc1cc(N2CCOC3(CCN(CCc4ccc5c(c4C)COC5=O)CC3)C2=O)ccn1. The quantitative estimate of drug-likeness (QED) is 0.646. The van der Waals surface area contributed by atoms with E-state index in [1.807, 2.05) is 18.2 Å². The number of hydrogen-bond donors (Lipinski definition) is 0. The summed E-state index contributed by atoms with van der Waals surface area (Å²) in [5.74, 6) is 0.298. The highest BCUT2D eigenvalue weighted by molar-refractivity contribution is 6.00. The minimum atomic E-state index is -0.757. The van der Waals surface area contributed by atoms with Crippen molar-refractivity contribution in [1.29, 1.82) is 0 Å². The molecule has 0 unspecified atom stereocenters. The van der Waals surface area contributed by atoms with Crippen molar-refractivity contribution < 1.29 is 23.8 Å². The van der Waals surface area contributed by atoms with Gasteiger partial charge in [-0.25, -0.2) is 9.78 Å². The Morgan fingerprint density at radius 2 is 1.97 bits per heavy atom. The lowest BCUT2D eigenvalue weighted by molar-refractivity contribution is -0.157. The van der Waals surface area contributed by atoms with Crippen molar-refractivity contribution in [1.82, 2.24) is 9.88 Å². The fourth-order valence-corrected chi connectivity index (χ4v) is 5.11. The van der Waals surface area contributed by atoms with Gasteiger partial charge in [0.2, 0.25) is 5.88 Å². The minimum absolute atomic E-state index is 0.0285. The van der Waals surface area contributed by atoms with Crippen molar-refractivity contribution in [3.8, 4) is 5.88 Å². The third-order valence-electron chi connectivity index (χ3n) is 7.21. The number of morpholine rings is 1. The first kappa shape index (κ1) is 21.9. The number of methoxy groups -OCH3 is 1. The van der Waals surface area contributed by atoms with E-state index < -0.39 is 5.60 Å². The summed E-state index contributed by atoms with van der Waals surface area (Å²) in [6.07, 6.45) is 3.92. The van der Waals surface area contributed by atoms with Crippen LogP contribution in [-0.2, 0) is 27.3 Å². The molecule has 1 amide bonds. The van der Waals surface area contributed by atoms with E-state index in [1.54, 1.807) is 24.3 Å². The minimum Gasteiger partial charge on any atom is -0.481 e. The Balaban J connectivity index is 1.21. The van der Waals surface area contributed by atoms with Crippen molar-refractivity contribution >= 4 is 17.6 Å². The molecule has 33 heavy (non-hydrogen) atoms. The molecule has 0 aliphatic carbocycles. The number of piperidine rings is 1. The Labute approximate surface area is 193 Å². The number of fused-ring (bicyclic) bond motifs is 1. The first-order valence-electron chi connectivity index (χ1n) is 11.5. The summed E-state index contributed by atoms with van der Waals surface area (Å²) in [6.45, 7) is 6.02. The molecule has 2 saturated heterocycles.